The molecule has 0 fully saturated rings. The number of aliphatic hydroxyl groups excluding tert-OH is 1. The summed E-state index contributed by atoms with van der Waals surface area (Å²) in [7, 11) is 0. The molecule has 1 heterocycles. The van der Waals surface area contributed by atoms with Gasteiger partial charge in [0.25, 0.3) is 0 Å². The molecule has 1 aromatic carbocycles. The van der Waals surface area contributed by atoms with Crippen LogP contribution in [0.25, 0.3) is 0 Å². The van der Waals surface area contributed by atoms with Crippen LogP contribution in [0.1, 0.15) is 38.7 Å². The Morgan fingerprint density at radius 3 is 2.53 bits per heavy atom. The largest absolute Gasteiger partial charge is 0.463 e. The first-order chi connectivity index (χ1) is 16.4. The van der Waals surface area contributed by atoms with Crippen LogP contribution in [0.5, 0.6) is 0 Å². The summed E-state index contributed by atoms with van der Waals surface area (Å²) < 4.78 is 10.8. The first kappa shape index (κ1) is 27.5. The van der Waals surface area contributed by atoms with Gasteiger partial charge < -0.3 is 25.2 Å². The number of nitrogens with one attached hydrogen (secondary N) is 2. The van der Waals surface area contributed by atoms with Crippen molar-refractivity contribution in [2.45, 2.75) is 45.6 Å². The SMILES string of the molecule is CC(C)C1COC(=O)C(Cc2ccccc2)CC=CCC(CC(=O)NCCOCCO)C(=O)N1. The summed E-state index contributed by atoms with van der Waals surface area (Å²) in [5.41, 5.74) is 1.07. The summed E-state index contributed by atoms with van der Waals surface area (Å²) in [4.78, 5) is 38.2. The molecule has 188 valence electrons. The highest BCUT2D eigenvalue weighted by Crippen LogP contribution is 2.19. The van der Waals surface area contributed by atoms with E-state index in [0.29, 0.717) is 32.4 Å². The van der Waals surface area contributed by atoms with Crippen LogP contribution < -0.4 is 10.6 Å². The highest BCUT2D eigenvalue weighted by atomic mass is 16.5. The van der Waals surface area contributed by atoms with E-state index >= 15 is 0 Å². The first-order valence-electron chi connectivity index (χ1n) is 12.0. The van der Waals surface area contributed by atoms with E-state index in [9.17, 15) is 14.4 Å². The van der Waals surface area contributed by atoms with E-state index < -0.39 is 5.92 Å². The Balaban J connectivity index is 2.06. The summed E-state index contributed by atoms with van der Waals surface area (Å²) in [6, 6.07) is 9.49. The maximum absolute atomic E-state index is 13.0. The van der Waals surface area contributed by atoms with Crippen molar-refractivity contribution in [1.29, 1.82) is 0 Å². The maximum atomic E-state index is 13.0. The highest BCUT2D eigenvalue weighted by molar-refractivity contribution is 5.86. The van der Waals surface area contributed by atoms with Gasteiger partial charge >= 0.3 is 5.97 Å². The minimum absolute atomic E-state index is 0.0498. The number of ether oxygens (including phenoxy) is 2. The van der Waals surface area contributed by atoms with Gasteiger partial charge in [-0.2, -0.15) is 0 Å². The fourth-order valence-electron chi connectivity index (χ4n) is 3.68. The van der Waals surface area contributed by atoms with Gasteiger partial charge in [0.1, 0.15) is 6.61 Å². The molecule has 8 heteroatoms. The molecule has 0 spiro atoms. The molecule has 3 atom stereocenters. The van der Waals surface area contributed by atoms with E-state index in [2.05, 4.69) is 10.6 Å². The van der Waals surface area contributed by atoms with E-state index in [1.807, 2.05) is 56.3 Å². The van der Waals surface area contributed by atoms with Crippen molar-refractivity contribution < 1.29 is 29.0 Å². The van der Waals surface area contributed by atoms with Gasteiger partial charge in [-0.1, -0.05) is 56.3 Å². The van der Waals surface area contributed by atoms with Crippen LogP contribution >= 0.6 is 0 Å². The number of carbonyl (C=O) groups excluding carboxylic acids is 3. The van der Waals surface area contributed by atoms with Gasteiger partial charge in [-0.3, -0.25) is 14.4 Å². The number of esters is 1. The topological polar surface area (TPSA) is 114 Å². The molecule has 8 nitrogen and oxygen atoms in total. The zero-order valence-corrected chi connectivity index (χ0v) is 20.2. The molecule has 1 aliphatic rings. The molecule has 0 saturated heterocycles. The Bertz CT molecular complexity index is 796. The number of aliphatic hydroxyl groups is 1. The molecule has 0 bridgehead atoms. The van der Waals surface area contributed by atoms with E-state index in [1.54, 1.807) is 0 Å². The predicted octanol–water partition coefficient (Wildman–Crippen LogP) is 2.01. The lowest BCUT2D eigenvalue weighted by Crippen LogP contribution is -2.46. The quantitative estimate of drug-likeness (QED) is 0.272. The van der Waals surface area contributed by atoms with Crippen molar-refractivity contribution in [3.63, 3.8) is 0 Å². The van der Waals surface area contributed by atoms with E-state index in [0.717, 1.165) is 5.56 Å². The molecule has 1 aliphatic heterocycles. The summed E-state index contributed by atoms with van der Waals surface area (Å²) in [6.45, 7) is 4.78. The van der Waals surface area contributed by atoms with Gasteiger partial charge in [0.2, 0.25) is 11.8 Å². The van der Waals surface area contributed by atoms with Crippen LogP contribution in [0, 0.1) is 17.8 Å². The average Bonchev–Trinajstić information content (AvgIpc) is 2.82. The Morgan fingerprint density at radius 2 is 1.85 bits per heavy atom. The second-order valence-electron chi connectivity index (χ2n) is 8.91. The maximum Gasteiger partial charge on any atom is 0.309 e. The molecule has 3 N–H and O–H groups in total. The number of benzene rings is 1. The fourth-order valence-corrected chi connectivity index (χ4v) is 3.68. The number of hydrogen-bond donors (Lipinski definition) is 3. The second kappa shape index (κ2) is 15.2. The lowest BCUT2D eigenvalue weighted by atomic mass is 9.93. The van der Waals surface area contributed by atoms with Gasteiger partial charge in [-0.25, -0.2) is 0 Å². The van der Waals surface area contributed by atoms with Crippen molar-refractivity contribution in [3.05, 3.63) is 48.0 Å². The Kier molecular flexibility index (Phi) is 12.3. The third-order valence-corrected chi connectivity index (χ3v) is 5.81. The lowest BCUT2D eigenvalue weighted by Gasteiger charge is -2.26. The Labute approximate surface area is 202 Å². The van der Waals surface area contributed by atoms with E-state index in [-0.39, 0.29) is 61.9 Å². The smallest absolute Gasteiger partial charge is 0.309 e. The van der Waals surface area contributed by atoms with Crippen molar-refractivity contribution in [2.75, 3.05) is 33.0 Å². The summed E-state index contributed by atoms with van der Waals surface area (Å²) in [6.07, 6.45) is 5.30. The van der Waals surface area contributed by atoms with Gasteiger partial charge in [0.15, 0.2) is 0 Å². The fraction of sp³-hybridized carbons (Fsp3) is 0.577. The monoisotopic (exact) mass is 474 g/mol. The van der Waals surface area contributed by atoms with Crippen molar-refractivity contribution in [3.8, 4) is 0 Å². The molecular formula is C26H38N2O6. The summed E-state index contributed by atoms with van der Waals surface area (Å²) in [5.74, 6) is -1.52. The highest BCUT2D eigenvalue weighted by Gasteiger charge is 2.27. The second-order valence-corrected chi connectivity index (χ2v) is 8.91. The van der Waals surface area contributed by atoms with Gasteiger partial charge in [0, 0.05) is 13.0 Å². The van der Waals surface area contributed by atoms with Crippen LogP contribution in [0.3, 0.4) is 0 Å². The average molecular weight is 475 g/mol. The van der Waals surface area contributed by atoms with Crippen molar-refractivity contribution in [1.82, 2.24) is 10.6 Å². The number of hydrogen-bond acceptors (Lipinski definition) is 6. The van der Waals surface area contributed by atoms with Crippen LogP contribution in [0.4, 0.5) is 0 Å². The van der Waals surface area contributed by atoms with Gasteiger partial charge in [-0.15, -0.1) is 0 Å². The molecule has 2 amide bonds. The van der Waals surface area contributed by atoms with E-state index in [1.165, 1.54) is 0 Å². The molecule has 34 heavy (non-hydrogen) atoms. The van der Waals surface area contributed by atoms with Crippen LogP contribution in [0.15, 0.2) is 42.5 Å². The third-order valence-electron chi connectivity index (χ3n) is 5.81. The minimum Gasteiger partial charge on any atom is -0.463 e. The zero-order valence-electron chi connectivity index (χ0n) is 20.2. The van der Waals surface area contributed by atoms with Crippen LogP contribution in [-0.4, -0.2) is 61.9 Å². The molecule has 3 unspecified atom stereocenters. The first-order valence-corrected chi connectivity index (χ1v) is 12.0. The lowest BCUT2D eigenvalue weighted by molar-refractivity contribution is -0.150. The number of amides is 2. The standard InChI is InChI=1S/C26H38N2O6/c1-19(2)23-18-34-26(32)22(16-20-8-4-3-5-9-20)11-7-6-10-21(25(31)28-23)17-24(30)27-12-14-33-15-13-29/h3-9,19,21-23,29H,10-18H2,1-2H3,(H,27,30)(H,28,31). The summed E-state index contributed by atoms with van der Waals surface area (Å²) >= 11 is 0. The third kappa shape index (κ3) is 10.1. The summed E-state index contributed by atoms with van der Waals surface area (Å²) in [5, 5.41) is 14.5. The van der Waals surface area contributed by atoms with Gasteiger partial charge in [-0.05, 0) is 30.7 Å². The number of rotatable bonds is 10. The number of carbonyl (C=O) groups is 3. The predicted molar refractivity (Wildman–Crippen MR) is 129 cm³/mol. The van der Waals surface area contributed by atoms with E-state index in [4.69, 9.17) is 14.6 Å². The van der Waals surface area contributed by atoms with Crippen LogP contribution in [-0.2, 0) is 30.3 Å². The molecule has 0 aromatic heterocycles. The molecule has 0 aliphatic carbocycles. The Morgan fingerprint density at radius 1 is 1.15 bits per heavy atom. The molecule has 0 saturated carbocycles. The Hall–Kier alpha value is -2.71. The van der Waals surface area contributed by atoms with Crippen molar-refractivity contribution >= 4 is 17.8 Å². The normalized spacial score (nSPS) is 21.8. The van der Waals surface area contributed by atoms with Gasteiger partial charge in [0.05, 0.1) is 37.7 Å². The minimum atomic E-state index is -0.529. The number of cyclic esters (lactones) is 1. The molecular weight excluding hydrogens is 436 g/mol. The number of allylic oxidation sites excluding steroid dienone is 2. The molecule has 2 rings (SSSR count). The van der Waals surface area contributed by atoms with Crippen molar-refractivity contribution in [2.24, 2.45) is 17.8 Å². The van der Waals surface area contributed by atoms with Crippen LogP contribution in [0.2, 0.25) is 0 Å². The molecule has 1 aromatic rings. The zero-order chi connectivity index (χ0) is 24.8. The molecule has 0 radical (unpaired) electrons.